The predicted molar refractivity (Wildman–Crippen MR) is 183 cm³/mol. The number of hydrogen-bond acceptors (Lipinski definition) is 5. The van der Waals surface area contributed by atoms with E-state index in [-0.39, 0.29) is 11.8 Å². The average Bonchev–Trinajstić information content (AvgIpc) is 3.03. The molecule has 2 aromatic heterocycles. The van der Waals surface area contributed by atoms with Gasteiger partial charge in [0.05, 0.1) is 0 Å². The molecule has 228 valence electrons. The van der Waals surface area contributed by atoms with E-state index < -0.39 is 6.16 Å². The molecule has 46 heavy (non-hydrogen) atoms. The second-order valence-corrected chi connectivity index (χ2v) is 11.8. The highest BCUT2D eigenvalue weighted by Crippen LogP contribution is 2.29. The van der Waals surface area contributed by atoms with Crippen LogP contribution >= 0.6 is 0 Å². The quantitative estimate of drug-likeness (QED) is 0.162. The molecule has 0 atom stereocenters. The standard InChI is InChI=1S/C41H36N2O3/c1-27-9-5-11-33(21-27)37-17-15-31(23-29(37)3)25-35-13-7-19-42-39(35)45-41(44)46-40-36(14-8-20-43-40)26-32-16-18-38(30(4)24-32)34-12-6-10-28(2)22-34/h5-24H,25-26H2,1-4H3. The molecule has 0 saturated heterocycles. The first-order valence-electron chi connectivity index (χ1n) is 15.4. The van der Waals surface area contributed by atoms with E-state index in [1.165, 1.54) is 44.5 Å². The van der Waals surface area contributed by atoms with Crippen molar-refractivity contribution in [2.75, 3.05) is 0 Å². The maximum atomic E-state index is 13.0. The minimum atomic E-state index is -0.878. The minimum absolute atomic E-state index is 0.216. The van der Waals surface area contributed by atoms with E-state index in [1.54, 1.807) is 12.4 Å². The number of nitrogens with zero attached hydrogens (tertiary/aromatic N) is 2. The van der Waals surface area contributed by atoms with Gasteiger partial charge in [-0.1, -0.05) is 108 Å². The maximum absolute atomic E-state index is 13.0. The summed E-state index contributed by atoms with van der Waals surface area (Å²) < 4.78 is 11.3. The van der Waals surface area contributed by atoms with Gasteiger partial charge in [-0.3, -0.25) is 0 Å². The van der Waals surface area contributed by atoms with Crippen LogP contribution in [-0.2, 0) is 12.8 Å². The molecule has 2 heterocycles. The Morgan fingerprint density at radius 3 is 1.41 bits per heavy atom. The van der Waals surface area contributed by atoms with E-state index in [9.17, 15) is 4.79 Å². The molecule has 4 aromatic carbocycles. The summed E-state index contributed by atoms with van der Waals surface area (Å²) in [4.78, 5) is 21.7. The molecule has 6 aromatic rings. The van der Waals surface area contributed by atoms with Crippen molar-refractivity contribution in [2.45, 2.75) is 40.5 Å². The zero-order chi connectivity index (χ0) is 32.0. The normalized spacial score (nSPS) is 10.9. The zero-order valence-corrected chi connectivity index (χ0v) is 26.6. The topological polar surface area (TPSA) is 61.3 Å². The van der Waals surface area contributed by atoms with Crippen molar-refractivity contribution >= 4 is 6.16 Å². The van der Waals surface area contributed by atoms with Gasteiger partial charge in [-0.15, -0.1) is 0 Å². The fraction of sp³-hybridized carbons (Fsp3) is 0.146. The fourth-order valence-electron chi connectivity index (χ4n) is 5.86. The third-order valence-corrected chi connectivity index (χ3v) is 8.09. The van der Waals surface area contributed by atoms with Gasteiger partial charge in [0, 0.05) is 36.4 Å². The lowest BCUT2D eigenvalue weighted by Gasteiger charge is -2.13. The molecular formula is C41H36N2O3. The number of rotatable bonds is 8. The molecule has 6 rings (SSSR count). The molecule has 0 bridgehead atoms. The number of benzene rings is 4. The van der Waals surface area contributed by atoms with E-state index >= 15 is 0 Å². The lowest BCUT2D eigenvalue weighted by atomic mass is 9.95. The minimum Gasteiger partial charge on any atom is -0.375 e. The number of hydrogen-bond donors (Lipinski definition) is 0. The van der Waals surface area contributed by atoms with Crippen LogP contribution in [0.25, 0.3) is 22.3 Å². The SMILES string of the molecule is Cc1cccc(-c2ccc(Cc3cccnc3OC(=O)Oc3ncccc3Cc3ccc(-c4cccc(C)c4)c(C)c3)cc2C)c1. The van der Waals surface area contributed by atoms with E-state index in [4.69, 9.17) is 9.47 Å². The molecule has 0 spiro atoms. The van der Waals surface area contributed by atoms with Gasteiger partial charge in [-0.05, 0) is 84.3 Å². The summed E-state index contributed by atoms with van der Waals surface area (Å²) in [6.07, 6.45) is 3.44. The van der Waals surface area contributed by atoms with Gasteiger partial charge in [0.25, 0.3) is 0 Å². The first-order valence-corrected chi connectivity index (χ1v) is 15.4. The van der Waals surface area contributed by atoms with Gasteiger partial charge in [0.15, 0.2) is 0 Å². The molecule has 0 unspecified atom stereocenters. The third kappa shape index (κ3) is 7.22. The fourth-order valence-corrected chi connectivity index (χ4v) is 5.86. The van der Waals surface area contributed by atoms with E-state index in [2.05, 4.69) is 123 Å². The van der Waals surface area contributed by atoms with Crippen LogP contribution in [0.5, 0.6) is 11.8 Å². The number of pyridine rings is 2. The highest BCUT2D eigenvalue weighted by molar-refractivity contribution is 5.70. The van der Waals surface area contributed by atoms with E-state index in [0.29, 0.717) is 12.8 Å². The molecule has 0 radical (unpaired) electrons. The number of aryl methyl sites for hydroxylation is 4. The summed E-state index contributed by atoms with van der Waals surface area (Å²) >= 11 is 0. The lowest BCUT2D eigenvalue weighted by molar-refractivity contribution is 0.147. The Morgan fingerprint density at radius 2 is 1.00 bits per heavy atom. The van der Waals surface area contributed by atoms with Crippen molar-refractivity contribution in [1.82, 2.24) is 9.97 Å². The molecule has 0 fully saturated rings. The smallest absolute Gasteiger partial charge is 0.375 e. The molecule has 0 aliphatic heterocycles. The van der Waals surface area contributed by atoms with Crippen LogP contribution in [0.2, 0.25) is 0 Å². The number of ether oxygens (including phenoxy) is 2. The summed E-state index contributed by atoms with van der Waals surface area (Å²) in [5.41, 5.74) is 13.3. The van der Waals surface area contributed by atoms with Crippen LogP contribution in [0, 0.1) is 27.7 Å². The zero-order valence-electron chi connectivity index (χ0n) is 26.6. The van der Waals surface area contributed by atoms with Crippen molar-refractivity contribution in [2.24, 2.45) is 0 Å². The first kappa shape index (κ1) is 30.5. The van der Waals surface area contributed by atoms with Crippen LogP contribution in [0.1, 0.15) is 44.5 Å². The molecule has 0 aliphatic rings. The first-order chi connectivity index (χ1) is 22.3. The van der Waals surface area contributed by atoms with Gasteiger partial charge in [-0.25, -0.2) is 14.8 Å². The summed E-state index contributed by atoms with van der Waals surface area (Å²) in [5.74, 6) is 0.431. The average molecular weight is 605 g/mol. The molecule has 0 aliphatic carbocycles. The monoisotopic (exact) mass is 604 g/mol. The van der Waals surface area contributed by atoms with Crippen LogP contribution in [0.15, 0.2) is 122 Å². The van der Waals surface area contributed by atoms with Crippen molar-refractivity contribution in [3.63, 3.8) is 0 Å². The number of aromatic nitrogens is 2. The Kier molecular flexibility index (Phi) is 9.02. The lowest BCUT2D eigenvalue weighted by Crippen LogP contribution is -2.17. The molecule has 0 amide bonds. The Hall–Kier alpha value is -5.55. The Bertz CT molecular complexity index is 1890. The Labute approximate surface area is 270 Å². The van der Waals surface area contributed by atoms with E-state index in [0.717, 1.165) is 22.3 Å². The summed E-state index contributed by atoms with van der Waals surface area (Å²) in [6, 6.07) is 37.3. The Balaban J connectivity index is 1.15. The number of carbonyl (C=O) groups excluding carboxylic acids is 1. The van der Waals surface area contributed by atoms with Crippen molar-refractivity contribution < 1.29 is 14.3 Å². The summed E-state index contributed by atoms with van der Waals surface area (Å²) in [5, 5.41) is 0. The van der Waals surface area contributed by atoms with Gasteiger partial charge >= 0.3 is 6.16 Å². The summed E-state index contributed by atoms with van der Waals surface area (Å²) in [6.45, 7) is 8.43. The van der Waals surface area contributed by atoms with Crippen molar-refractivity contribution in [1.29, 1.82) is 0 Å². The second kappa shape index (κ2) is 13.6. The largest absolute Gasteiger partial charge is 0.522 e. The highest BCUT2D eigenvalue weighted by Gasteiger charge is 2.17. The van der Waals surface area contributed by atoms with Gasteiger partial charge < -0.3 is 9.47 Å². The number of carbonyl (C=O) groups is 1. The molecule has 5 nitrogen and oxygen atoms in total. The Morgan fingerprint density at radius 1 is 0.543 bits per heavy atom. The van der Waals surface area contributed by atoms with Gasteiger partial charge in [0.2, 0.25) is 11.8 Å². The van der Waals surface area contributed by atoms with Crippen molar-refractivity contribution in [3.05, 3.63) is 166 Å². The van der Waals surface area contributed by atoms with Crippen LogP contribution in [-0.4, -0.2) is 16.1 Å². The van der Waals surface area contributed by atoms with Crippen LogP contribution in [0.4, 0.5) is 4.79 Å². The molecule has 0 N–H and O–H groups in total. The van der Waals surface area contributed by atoms with Crippen LogP contribution in [0.3, 0.4) is 0 Å². The second-order valence-electron chi connectivity index (χ2n) is 11.8. The van der Waals surface area contributed by atoms with Gasteiger partial charge in [-0.2, -0.15) is 0 Å². The molecular weight excluding hydrogens is 568 g/mol. The highest BCUT2D eigenvalue weighted by atomic mass is 16.7. The predicted octanol–water partition coefficient (Wildman–Crippen LogP) is 9.80. The van der Waals surface area contributed by atoms with Gasteiger partial charge in [0.1, 0.15) is 0 Å². The molecule has 5 heteroatoms. The third-order valence-electron chi connectivity index (χ3n) is 8.09. The molecule has 0 saturated carbocycles. The van der Waals surface area contributed by atoms with E-state index in [1.807, 2.05) is 24.3 Å². The van der Waals surface area contributed by atoms with Crippen LogP contribution < -0.4 is 9.47 Å². The maximum Gasteiger partial charge on any atom is 0.522 e. The van der Waals surface area contributed by atoms with Crippen molar-refractivity contribution in [3.8, 4) is 34.0 Å². The summed E-state index contributed by atoms with van der Waals surface area (Å²) in [7, 11) is 0.